The average molecular weight is 320 g/mol. The third-order valence-electron chi connectivity index (χ3n) is 3.13. The van der Waals surface area contributed by atoms with Gasteiger partial charge in [0.05, 0.1) is 0 Å². The zero-order valence-electron chi connectivity index (χ0n) is 12.6. The van der Waals surface area contributed by atoms with Gasteiger partial charge < -0.3 is 5.32 Å². The second-order valence-corrected chi connectivity index (χ2v) is 7.00. The summed E-state index contributed by atoms with van der Waals surface area (Å²) in [6.07, 6.45) is 0. The van der Waals surface area contributed by atoms with Crippen molar-refractivity contribution in [2.45, 2.75) is 31.0 Å². The van der Waals surface area contributed by atoms with Gasteiger partial charge in [0.25, 0.3) is 0 Å². The molecule has 0 amide bonds. The Morgan fingerprint density at radius 3 is 2.57 bits per heavy atom. The summed E-state index contributed by atoms with van der Waals surface area (Å²) in [5, 5.41) is 4.30. The van der Waals surface area contributed by atoms with E-state index in [0.717, 1.165) is 23.9 Å². The van der Waals surface area contributed by atoms with Crippen LogP contribution in [0.15, 0.2) is 53.4 Å². The van der Waals surface area contributed by atoms with Crippen LogP contribution in [-0.2, 0) is 12.3 Å². The Hall–Kier alpha value is -0.960. The monoisotopic (exact) mass is 319 g/mol. The van der Waals surface area contributed by atoms with Gasteiger partial charge in [-0.25, -0.2) is 0 Å². The van der Waals surface area contributed by atoms with E-state index < -0.39 is 0 Å². The number of rotatable bonds is 7. The maximum atomic E-state index is 6.14. The molecule has 0 saturated heterocycles. The summed E-state index contributed by atoms with van der Waals surface area (Å²) >= 11 is 8.01. The SMILES string of the molecule is CC(C)CNCc1cc(Cl)ccc1SCc1ccccc1. The molecule has 2 aromatic rings. The lowest BCUT2D eigenvalue weighted by atomic mass is 10.2. The molecular weight excluding hydrogens is 298 g/mol. The minimum Gasteiger partial charge on any atom is -0.312 e. The molecule has 0 unspecified atom stereocenters. The Balaban J connectivity index is 2.00. The van der Waals surface area contributed by atoms with Gasteiger partial charge in [0.2, 0.25) is 0 Å². The molecule has 0 fully saturated rings. The van der Waals surface area contributed by atoms with Crippen LogP contribution in [0, 0.1) is 5.92 Å². The van der Waals surface area contributed by atoms with Gasteiger partial charge in [-0.1, -0.05) is 55.8 Å². The van der Waals surface area contributed by atoms with Crippen molar-refractivity contribution >= 4 is 23.4 Å². The van der Waals surface area contributed by atoms with E-state index in [1.54, 1.807) is 0 Å². The first-order valence-electron chi connectivity index (χ1n) is 7.31. The lowest BCUT2D eigenvalue weighted by Gasteiger charge is -2.12. The van der Waals surface area contributed by atoms with Crippen LogP contribution in [-0.4, -0.2) is 6.54 Å². The van der Waals surface area contributed by atoms with Crippen molar-refractivity contribution < 1.29 is 0 Å². The molecule has 2 rings (SSSR count). The molecule has 0 saturated carbocycles. The first kappa shape index (κ1) is 16.4. The first-order chi connectivity index (χ1) is 10.1. The fourth-order valence-electron chi connectivity index (χ4n) is 2.06. The third kappa shape index (κ3) is 5.74. The second-order valence-electron chi connectivity index (χ2n) is 5.55. The van der Waals surface area contributed by atoms with Crippen LogP contribution >= 0.6 is 23.4 Å². The van der Waals surface area contributed by atoms with Crippen LogP contribution in [0.25, 0.3) is 0 Å². The van der Waals surface area contributed by atoms with Crippen LogP contribution in [0.4, 0.5) is 0 Å². The minimum absolute atomic E-state index is 0.657. The Labute approximate surface area is 137 Å². The fraction of sp³-hybridized carbons (Fsp3) is 0.333. The van der Waals surface area contributed by atoms with Crippen LogP contribution in [0.3, 0.4) is 0 Å². The molecule has 0 bridgehead atoms. The zero-order valence-corrected chi connectivity index (χ0v) is 14.2. The molecule has 0 aliphatic heterocycles. The number of nitrogens with one attached hydrogen (secondary N) is 1. The Morgan fingerprint density at radius 2 is 1.86 bits per heavy atom. The van der Waals surface area contributed by atoms with Crippen molar-refractivity contribution in [3.8, 4) is 0 Å². The quantitative estimate of drug-likeness (QED) is 0.688. The standard InChI is InChI=1S/C18H22ClNS/c1-14(2)11-20-12-16-10-17(19)8-9-18(16)21-13-15-6-4-3-5-7-15/h3-10,14,20H,11-13H2,1-2H3. The summed E-state index contributed by atoms with van der Waals surface area (Å²) in [6, 6.07) is 16.7. The highest BCUT2D eigenvalue weighted by atomic mass is 35.5. The predicted molar refractivity (Wildman–Crippen MR) is 94.0 cm³/mol. The van der Waals surface area contributed by atoms with Gasteiger partial charge >= 0.3 is 0 Å². The lowest BCUT2D eigenvalue weighted by Crippen LogP contribution is -2.19. The van der Waals surface area contributed by atoms with Gasteiger partial charge in [0, 0.05) is 22.2 Å². The number of halogens is 1. The van der Waals surface area contributed by atoms with Crippen molar-refractivity contribution in [3.05, 3.63) is 64.7 Å². The molecular formula is C18H22ClNS. The summed E-state index contributed by atoms with van der Waals surface area (Å²) in [5.41, 5.74) is 2.63. The molecule has 0 spiro atoms. The molecule has 0 aromatic heterocycles. The normalized spacial score (nSPS) is 11.0. The Morgan fingerprint density at radius 1 is 1.10 bits per heavy atom. The van der Waals surface area contributed by atoms with Crippen LogP contribution < -0.4 is 5.32 Å². The highest BCUT2D eigenvalue weighted by Crippen LogP contribution is 2.28. The van der Waals surface area contributed by atoms with E-state index in [0.29, 0.717) is 5.92 Å². The molecule has 1 nitrogen and oxygen atoms in total. The number of hydrogen-bond acceptors (Lipinski definition) is 2. The summed E-state index contributed by atoms with van der Waals surface area (Å²) in [5.74, 6) is 1.64. The average Bonchev–Trinajstić information content (AvgIpc) is 2.47. The van der Waals surface area contributed by atoms with Gasteiger partial charge in [-0.3, -0.25) is 0 Å². The number of thioether (sulfide) groups is 1. The number of hydrogen-bond donors (Lipinski definition) is 1. The van der Waals surface area contributed by atoms with E-state index in [-0.39, 0.29) is 0 Å². The summed E-state index contributed by atoms with van der Waals surface area (Å²) < 4.78 is 0. The van der Waals surface area contributed by atoms with E-state index in [1.165, 1.54) is 16.0 Å². The molecule has 21 heavy (non-hydrogen) atoms. The molecule has 0 heterocycles. The van der Waals surface area contributed by atoms with Crippen molar-refractivity contribution in [3.63, 3.8) is 0 Å². The van der Waals surface area contributed by atoms with E-state index in [1.807, 2.05) is 17.8 Å². The summed E-state index contributed by atoms with van der Waals surface area (Å²) in [6.45, 7) is 6.33. The smallest absolute Gasteiger partial charge is 0.0410 e. The molecule has 0 atom stereocenters. The van der Waals surface area contributed by atoms with E-state index in [9.17, 15) is 0 Å². The van der Waals surface area contributed by atoms with Crippen molar-refractivity contribution in [1.82, 2.24) is 5.32 Å². The van der Waals surface area contributed by atoms with Crippen LogP contribution in [0.2, 0.25) is 5.02 Å². The molecule has 0 aliphatic carbocycles. The van der Waals surface area contributed by atoms with Crippen LogP contribution in [0.5, 0.6) is 0 Å². The maximum absolute atomic E-state index is 6.14. The molecule has 1 N–H and O–H groups in total. The second kappa shape index (κ2) is 8.47. The Bertz CT molecular complexity index is 554. The molecule has 0 radical (unpaired) electrons. The van der Waals surface area contributed by atoms with Gasteiger partial charge in [-0.15, -0.1) is 11.8 Å². The highest BCUT2D eigenvalue weighted by Gasteiger charge is 2.05. The lowest BCUT2D eigenvalue weighted by molar-refractivity contribution is 0.550. The fourth-order valence-corrected chi connectivity index (χ4v) is 3.25. The van der Waals surface area contributed by atoms with Crippen molar-refractivity contribution in [2.24, 2.45) is 5.92 Å². The van der Waals surface area contributed by atoms with E-state index in [2.05, 4.69) is 61.6 Å². The largest absolute Gasteiger partial charge is 0.312 e. The molecule has 2 aromatic carbocycles. The van der Waals surface area contributed by atoms with Gasteiger partial charge in [0.15, 0.2) is 0 Å². The zero-order chi connectivity index (χ0) is 15.1. The minimum atomic E-state index is 0.657. The number of benzene rings is 2. The topological polar surface area (TPSA) is 12.0 Å². The summed E-state index contributed by atoms with van der Waals surface area (Å²) in [4.78, 5) is 1.31. The summed E-state index contributed by atoms with van der Waals surface area (Å²) in [7, 11) is 0. The van der Waals surface area contributed by atoms with Gasteiger partial charge in [-0.2, -0.15) is 0 Å². The molecule has 3 heteroatoms. The predicted octanol–water partition coefficient (Wildman–Crippen LogP) is 5.38. The maximum Gasteiger partial charge on any atom is 0.0410 e. The van der Waals surface area contributed by atoms with Crippen LogP contribution in [0.1, 0.15) is 25.0 Å². The van der Waals surface area contributed by atoms with Crippen molar-refractivity contribution in [1.29, 1.82) is 0 Å². The molecule has 112 valence electrons. The van der Waals surface area contributed by atoms with E-state index >= 15 is 0 Å². The van der Waals surface area contributed by atoms with Gasteiger partial charge in [-0.05, 0) is 41.8 Å². The third-order valence-corrected chi connectivity index (χ3v) is 4.55. The Kier molecular flexibility index (Phi) is 6.62. The molecule has 0 aliphatic rings. The highest BCUT2D eigenvalue weighted by molar-refractivity contribution is 7.98. The van der Waals surface area contributed by atoms with Gasteiger partial charge in [0.1, 0.15) is 0 Å². The van der Waals surface area contributed by atoms with Crippen molar-refractivity contribution in [2.75, 3.05) is 6.54 Å². The van der Waals surface area contributed by atoms with E-state index in [4.69, 9.17) is 11.6 Å². The first-order valence-corrected chi connectivity index (χ1v) is 8.67.